The summed E-state index contributed by atoms with van der Waals surface area (Å²) in [6, 6.07) is 7.35. The van der Waals surface area contributed by atoms with Crippen molar-refractivity contribution in [3.63, 3.8) is 0 Å². The van der Waals surface area contributed by atoms with Gasteiger partial charge >= 0.3 is 0 Å². The molecule has 0 aliphatic rings. The Morgan fingerprint density at radius 1 is 1.14 bits per heavy atom. The molecule has 1 atom stereocenters. The van der Waals surface area contributed by atoms with E-state index in [1.807, 2.05) is 0 Å². The highest BCUT2D eigenvalue weighted by atomic mass is 35.5. The van der Waals surface area contributed by atoms with Crippen molar-refractivity contribution in [1.82, 2.24) is 10.2 Å². The molecule has 2 rings (SSSR count). The maximum absolute atomic E-state index is 13.7. The van der Waals surface area contributed by atoms with Crippen LogP contribution in [0.4, 0.5) is 11.4 Å². The number of nitro benzene ring substituents is 1. The molecule has 37 heavy (non-hydrogen) atoms. The van der Waals surface area contributed by atoms with Gasteiger partial charge in [0.2, 0.25) is 21.8 Å². The zero-order valence-electron chi connectivity index (χ0n) is 21.2. The van der Waals surface area contributed by atoms with Gasteiger partial charge in [-0.1, -0.05) is 42.3 Å². The summed E-state index contributed by atoms with van der Waals surface area (Å²) in [5.74, 6) is -1.10. The van der Waals surface area contributed by atoms with Crippen LogP contribution >= 0.6 is 23.2 Å². The molecule has 10 nitrogen and oxygen atoms in total. The molecule has 0 aromatic heterocycles. The zero-order chi connectivity index (χ0) is 28.1. The molecule has 1 N–H and O–H groups in total. The fourth-order valence-corrected chi connectivity index (χ4v) is 5.08. The van der Waals surface area contributed by atoms with Crippen molar-refractivity contribution >= 4 is 56.4 Å². The smallest absolute Gasteiger partial charge is 0.271 e. The van der Waals surface area contributed by atoms with Crippen molar-refractivity contribution in [1.29, 1.82) is 0 Å². The van der Waals surface area contributed by atoms with Crippen LogP contribution in [0.15, 0.2) is 36.4 Å². The summed E-state index contributed by atoms with van der Waals surface area (Å²) in [6.45, 7) is 6.10. The number of sulfonamides is 1. The minimum absolute atomic E-state index is 0.00537. The molecule has 0 saturated heterocycles. The van der Waals surface area contributed by atoms with Gasteiger partial charge in [-0.2, -0.15) is 0 Å². The van der Waals surface area contributed by atoms with Crippen LogP contribution in [0.2, 0.25) is 10.0 Å². The molecule has 0 spiro atoms. The van der Waals surface area contributed by atoms with Crippen molar-refractivity contribution in [2.45, 2.75) is 52.7 Å². The average Bonchev–Trinajstić information content (AvgIpc) is 2.77. The van der Waals surface area contributed by atoms with Gasteiger partial charge < -0.3 is 10.2 Å². The van der Waals surface area contributed by atoms with Gasteiger partial charge in [0.15, 0.2) is 0 Å². The van der Waals surface area contributed by atoms with Crippen LogP contribution in [0, 0.1) is 17.0 Å². The van der Waals surface area contributed by atoms with Crippen LogP contribution in [-0.4, -0.2) is 54.9 Å². The van der Waals surface area contributed by atoms with Gasteiger partial charge in [-0.3, -0.25) is 24.0 Å². The largest absolute Gasteiger partial charge is 0.352 e. The summed E-state index contributed by atoms with van der Waals surface area (Å²) >= 11 is 12.3. The van der Waals surface area contributed by atoms with Crippen molar-refractivity contribution in [3.8, 4) is 0 Å². The maximum atomic E-state index is 13.7. The monoisotopic (exact) mass is 572 g/mol. The van der Waals surface area contributed by atoms with E-state index in [2.05, 4.69) is 5.32 Å². The van der Waals surface area contributed by atoms with E-state index in [4.69, 9.17) is 23.2 Å². The fourth-order valence-electron chi connectivity index (χ4n) is 3.71. The normalized spacial score (nSPS) is 12.2. The summed E-state index contributed by atoms with van der Waals surface area (Å²) < 4.78 is 26.3. The lowest BCUT2D eigenvalue weighted by molar-refractivity contribution is -0.384. The molecule has 0 fully saturated rings. The van der Waals surface area contributed by atoms with Gasteiger partial charge in [-0.15, -0.1) is 0 Å². The van der Waals surface area contributed by atoms with E-state index in [-0.39, 0.29) is 35.4 Å². The first-order valence-electron chi connectivity index (χ1n) is 11.4. The summed E-state index contributed by atoms with van der Waals surface area (Å²) in [6.07, 6.45) is 1.14. The first-order chi connectivity index (χ1) is 17.1. The minimum Gasteiger partial charge on any atom is -0.352 e. The number of halogens is 2. The number of nitrogens with one attached hydrogen (secondary N) is 1. The van der Waals surface area contributed by atoms with Crippen LogP contribution in [-0.2, 0) is 26.2 Å². The number of hydrogen-bond acceptors (Lipinski definition) is 6. The van der Waals surface area contributed by atoms with E-state index in [0.29, 0.717) is 16.1 Å². The Morgan fingerprint density at radius 2 is 1.78 bits per heavy atom. The number of nitrogens with zero attached hydrogens (tertiary/aromatic N) is 3. The molecule has 2 amide bonds. The Morgan fingerprint density at radius 3 is 2.30 bits per heavy atom. The fraction of sp³-hybridized carbons (Fsp3) is 0.417. The Hall–Kier alpha value is -2.89. The lowest BCUT2D eigenvalue weighted by Crippen LogP contribution is -2.53. The molecule has 13 heteroatoms. The van der Waals surface area contributed by atoms with Crippen molar-refractivity contribution in [2.24, 2.45) is 0 Å². The summed E-state index contributed by atoms with van der Waals surface area (Å²) in [5, 5.41) is 14.8. The van der Waals surface area contributed by atoms with E-state index >= 15 is 0 Å². The predicted molar refractivity (Wildman–Crippen MR) is 144 cm³/mol. The highest BCUT2D eigenvalue weighted by Crippen LogP contribution is 2.29. The molecule has 2 aromatic carbocycles. The zero-order valence-corrected chi connectivity index (χ0v) is 23.5. The van der Waals surface area contributed by atoms with Gasteiger partial charge in [0.1, 0.15) is 12.6 Å². The second-order valence-corrected chi connectivity index (χ2v) is 11.6. The molecule has 0 saturated carbocycles. The first kappa shape index (κ1) is 30.3. The number of anilines is 1. The van der Waals surface area contributed by atoms with Gasteiger partial charge in [0.05, 0.1) is 16.9 Å². The van der Waals surface area contributed by atoms with E-state index in [1.165, 1.54) is 23.1 Å². The van der Waals surface area contributed by atoms with Crippen LogP contribution in [0.25, 0.3) is 0 Å². The van der Waals surface area contributed by atoms with Crippen molar-refractivity contribution in [2.75, 3.05) is 17.1 Å². The van der Waals surface area contributed by atoms with Crippen molar-refractivity contribution < 1.29 is 22.9 Å². The van der Waals surface area contributed by atoms with E-state index in [0.717, 1.165) is 16.6 Å². The van der Waals surface area contributed by atoms with Gasteiger partial charge in [0.25, 0.3) is 5.69 Å². The molecule has 2 aromatic rings. The quantitative estimate of drug-likeness (QED) is 0.315. The number of amides is 2. The van der Waals surface area contributed by atoms with Crippen LogP contribution < -0.4 is 9.62 Å². The third-order valence-electron chi connectivity index (χ3n) is 5.52. The molecule has 0 aliphatic heterocycles. The Labute approximate surface area is 226 Å². The van der Waals surface area contributed by atoms with E-state index < -0.39 is 39.3 Å². The third kappa shape index (κ3) is 8.05. The highest BCUT2D eigenvalue weighted by molar-refractivity contribution is 7.92. The summed E-state index contributed by atoms with van der Waals surface area (Å²) in [5.41, 5.74) is 0.594. The number of rotatable bonds is 11. The second kappa shape index (κ2) is 12.6. The third-order valence-corrected chi connectivity index (χ3v) is 7.24. The molecule has 0 unspecified atom stereocenters. The number of hydrogen-bond donors (Lipinski definition) is 1. The lowest BCUT2D eigenvalue weighted by Gasteiger charge is -2.33. The topological polar surface area (TPSA) is 130 Å². The minimum atomic E-state index is -4.05. The number of non-ortho nitro benzene ring substituents is 1. The number of nitro groups is 1. The van der Waals surface area contributed by atoms with Gasteiger partial charge in [-0.25, -0.2) is 8.42 Å². The van der Waals surface area contributed by atoms with Gasteiger partial charge in [-0.05, 0) is 50.5 Å². The summed E-state index contributed by atoms with van der Waals surface area (Å²) in [4.78, 5) is 38.7. The standard InChI is InChI=1S/C24H30Cl2N4O6S/c1-6-21(24(32)27-15(2)3)28(13-17-8-9-18(25)11-20(17)26)23(31)14-29(37(5,35)36)22-12-19(30(33)34)10-7-16(22)4/h7-12,15,21H,6,13-14H2,1-5H3,(H,27,32)/t21-/m0/s1. The molecular formula is C24H30Cl2N4O6S. The first-order valence-corrected chi connectivity index (χ1v) is 14.0. The molecule has 0 aliphatic carbocycles. The lowest BCUT2D eigenvalue weighted by atomic mass is 10.1. The molecule has 202 valence electrons. The average molecular weight is 573 g/mol. The molecule has 0 heterocycles. The van der Waals surface area contributed by atoms with Crippen LogP contribution in [0.5, 0.6) is 0 Å². The predicted octanol–water partition coefficient (Wildman–Crippen LogP) is 4.31. The van der Waals surface area contributed by atoms with Crippen LogP contribution in [0.1, 0.15) is 38.3 Å². The molecular weight excluding hydrogens is 543 g/mol. The molecule has 0 radical (unpaired) electrons. The van der Waals surface area contributed by atoms with Crippen LogP contribution in [0.3, 0.4) is 0 Å². The SMILES string of the molecule is CC[C@@H](C(=O)NC(C)C)N(Cc1ccc(Cl)cc1Cl)C(=O)CN(c1cc([N+](=O)[O-])ccc1C)S(C)(=O)=O. The number of carbonyl (C=O) groups is 2. The molecule has 0 bridgehead atoms. The Kier molecular flexibility index (Phi) is 10.3. The maximum Gasteiger partial charge on any atom is 0.271 e. The Balaban J connectivity index is 2.57. The van der Waals surface area contributed by atoms with E-state index in [1.54, 1.807) is 39.8 Å². The second-order valence-electron chi connectivity index (χ2n) is 8.84. The van der Waals surface area contributed by atoms with Crippen molar-refractivity contribution in [3.05, 3.63) is 67.7 Å². The Bertz CT molecular complexity index is 1290. The number of carbonyl (C=O) groups excluding carboxylic acids is 2. The highest BCUT2D eigenvalue weighted by Gasteiger charge is 2.33. The van der Waals surface area contributed by atoms with Gasteiger partial charge in [0, 0.05) is 34.8 Å². The summed E-state index contributed by atoms with van der Waals surface area (Å²) in [7, 11) is -4.05. The number of benzene rings is 2. The number of aryl methyl sites for hydroxylation is 1. The van der Waals surface area contributed by atoms with E-state index in [9.17, 15) is 28.1 Å².